The van der Waals surface area contributed by atoms with Gasteiger partial charge in [-0.1, -0.05) is 13.8 Å². The van der Waals surface area contributed by atoms with E-state index in [1.54, 1.807) is 4.52 Å². The van der Waals surface area contributed by atoms with Crippen molar-refractivity contribution in [2.45, 2.75) is 76.8 Å². The average molecular weight is 427 g/mol. The highest BCUT2D eigenvalue weighted by Crippen LogP contribution is 2.39. The number of carbonyl (C=O) groups is 2. The van der Waals surface area contributed by atoms with E-state index in [-0.39, 0.29) is 35.9 Å². The molecule has 0 radical (unpaired) electrons. The lowest BCUT2D eigenvalue weighted by atomic mass is 10.0. The molecule has 9 nitrogen and oxygen atoms in total. The van der Waals surface area contributed by atoms with Crippen molar-refractivity contribution in [3.63, 3.8) is 0 Å². The number of likely N-dealkylation sites (tertiary alicyclic amines) is 1. The van der Waals surface area contributed by atoms with Gasteiger partial charge in [0.1, 0.15) is 12.1 Å². The predicted octanol–water partition coefficient (Wildman–Crippen LogP) is 1.41. The van der Waals surface area contributed by atoms with Gasteiger partial charge in [-0.2, -0.15) is 10.2 Å². The molecule has 1 atom stereocenters. The van der Waals surface area contributed by atoms with Crippen molar-refractivity contribution in [1.29, 1.82) is 0 Å². The molecule has 2 saturated carbocycles. The summed E-state index contributed by atoms with van der Waals surface area (Å²) in [7, 11) is 0. The Hall–Kier alpha value is -2.71. The molecule has 2 amide bonds. The number of aromatic nitrogens is 4. The highest BCUT2D eigenvalue weighted by Gasteiger charge is 2.32. The average Bonchev–Trinajstić information content (AvgIpc) is 3.65. The SMILES string of the molecule is CC(C)c1nn(CC(=O)NC2CCC(=O)N(CC3CC3)C2)c(=O)c2cc(C3CC3)nn12. The van der Waals surface area contributed by atoms with E-state index in [9.17, 15) is 14.4 Å². The van der Waals surface area contributed by atoms with Crippen LogP contribution in [0.5, 0.6) is 0 Å². The Morgan fingerprint density at radius 1 is 1.16 bits per heavy atom. The second kappa shape index (κ2) is 7.76. The Bertz CT molecular complexity index is 1080. The van der Waals surface area contributed by atoms with Crippen molar-refractivity contribution in [3.05, 3.63) is 27.9 Å². The number of amides is 2. The lowest BCUT2D eigenvalue weighted by Gasteiger charge is -2.33. The second-order valence-electron chi connectivity index (χ2n) is 9.66. The predicted molar refractivity (Wildman–Crippen MR) is 114 cm³/mol. The normalized spacial score (nSPS) is 21.8. The molecule has 0 aromatic carbocycles. The maximum atomic E-state index is 13.0. The topological polar surface area (TPSA) is 102 Å². The molecule has 1 N–H and O–H groups in total. The molecule has 1 unspecified atom stereocenters. The first-order valence-electron chi connectivity index (χ1n) is 11.5. The quantitative estimate of drug-likeness (QED) is 0.721. The minimum absolute atomic E-state index is 0.0599. The molecule has 1 saturated heterocycles. The van der Waals surface area contributed by atoms with Gasteiger partial charge in [0.2, 0.25) is 11.8 Å². The lowest BCUT2D eigenvalue weighted by Crippen LogP contribution is -2.51. The molecule has 1 aliphatic heterocycles. The van der Waals surface area contributed by atoms with Crippen LogP contribution in [0.1, 0.15) is 75.7 Å². The van der Waals surface area contributed by atoms with Gasteiger partial charge < -0.3 is 10.2 Å². The molecule has 3 aliphatic rings. The minimum atomic E-state index is -0.298. The van der Waals surface area contributed by atoms with E-state index in [0.29, 0.717) is 42.6 Å². The number of hydrogen-bond acceptors (Lipinski definition) is 5. The van der Waals surface area contributed by atoms with Crippen molar-refractivity contribution in [1.82, 2.24) is 29.6 Å². The third kappa shape index (κ3) is 4.22. The molecule has 5 rings (SSSR count). The van der Waals surface area contributed by atoms with Crippen LogP contribution in [0.3, 0.4) is 0 Å². The number of carbonyl (C=O) groups excluding carboxylic acids is 2. The van der Waals surface area contributed by atoms with Crippen LogP contribution < -0.4 is 10.9 Å². The summed E-state index contributed by atoms with van der Waals surface area (Å²) in [6, 6.07) is 1.77. The highest BCUT2D eigenvalue weighted by atomic mass is 16.2. The first-order valence-corrected chi connectivity index (χ1v) is 11.5. The molecule has 3 fully saturated rings. The zero-order chi connectivity index (χ0) is 21.7. The van der Waals surface area contributed by atoms with Crippen LogP contribution in [-0.4, -0.2) is 55.2 Å². The van der Waals surface area contributed by atoms with Crippen molar-refractivity contribution < 1.29 is 9.59 Å². The Kier molecular flexibility index (Phi) is 5.06. The van der Waals surface area contributed by atoms with Crippen LogP contribution in [0.2, 0.25) is 0 Å². The largest absolute Gasteiger partial charge is 0.350 e. The summed E-state index contributed by atoms with van der Waals surface area (Å²) in [4.78, 5) is 39.8. The number of piperidine rings is 1. The molecular formula is C22H30N6O3. The number of nitrogens with zero attached hydrogens (tertiary/aromatic N) is 5. The molecule has 0 spiro atoms. The third-order valence-electron chi connectivity index (χ3n) is 6.47. The molecule has 2 aliphatic carbocycles. The van der Waals surface area contributed by atoms with Gasteiger partial charge in [0.15, 0.2) is 5.82 Å². The van der Waals surface area contributed by atoms with Gasteiger partial charge in [0, 0.05) is 37.4 Å². The molecule has 0 bridgehead atoms. The van der Waals surface area contributed by atoms with Gasteiger partial charge in [-0.05, 0) is 44.1 Å². The van der Waals surface area contributed by atoms with Gasteiger partial charge in [-0.15, -0.1) is 0 Å². The van der Waals surface area contributed by atoms with Crippen molar-refractivity contribution in [2.75, 3.05) is 13.1 Å². The Morgan fingerprint density at radius 2 is 1.94 bits per heavy atom. The number of fused-ring (bicyclic) bond motifs is 1. The van der Waals surface area contributed by atoms with Gasteiger partial charge in [0.05, 0.1) is 5.69 Å². The second-order valence-corrected chi connectivity index (χ2v) is 9.66. The summed E-state index contributed by atoms with van der Waals surface area (Å²) in [6.07, 6.45) is 5.68. The van der Waals surface area contributed by atoms with E-state index < -0.39 is 0 Å². The fourth-order valence-corrected chi connectivity index (χ4v) is 4.35. The van der Waals surface area contributed by atoms with Gasteiger partial charge in [-0.25, -0.2) is 9.20 Å². The fraction of sp³-hybridized carbons (Fsp3) is 0.682. The van der Waals surface area contributed by atoms with Gasteiger partial charge in [-0.3, -0.25) is 14.4 Å². The highest BCUT2D eigenvalue weighted by molar-refractivity contribution is 5.79. The zero-order valence-electron chi connectivity index (χ0n) is 18.2. The van der Waals surface area contributed by atoms with E-state index >= 15 is 0 Å². The number of nitrogens with one attached hydrogen (secondary N) is 1. The summed E-state index contributed by atoms with van der Waals surface area (Å²) in [6.45, 7) is 5.22. The van der Waals surface area contributed by atoms with Crippen molar-refractivity contribution in [2.24, 2.45) is 5.92 Å². The Morgan fingerprint density at radius 3 is 2.61 bits per heavy atom. The number of hydrogen-bond donors (Lipinski definition) is 1. The van der Waals surface area contributed by atoms with Crippen molar-refractivity contribution in [3.8, 4) is 0 Å². The van der Waals surface area contributed by atoms with Crippen LogP contribution in [-0.2, 0) is 16.1 Å². The molecule has 9 heteroatoms. The Labute approximate surface area is 180 Å². The summed E-state index contributed by atoms with van der Waals surface area (Å²) in [5.74, 6) is 1.72. The number of rotatable bonds is 7. The monoisotopic (exact) mass is 426 g/mol. The molecule has 2 aromatic rings. The first-order chi connectivity index (χ1) is 14.9. The van der Waals surface area contributed by atoms with E-state index in [0.717, 1.165) is 25.1 Å². The third-order valence-corrected chi connectivity index (χ3v) is 6.47. The summed E-state index contributed by atoms with van der Waals surface area (Å²) in [5.41, 5.74) is 1.12. The fourth-order valence-electron chi connectivity index (χ4n) is 4.35. The van der Waals surface area contributed by atoms with E-state index in [1.807, 2.05) is 24.8 Å². The zero-order valence-corrected chi connectivity index (χ0v) is 18.2. The molecule has 2 aromatic heterocycles. The lowest BCUT2D eigenvalue weighted by molar-refractivity contribution is -0.135. The molecule has 3 heterocycles. The molecular weight excluding hydrogens is 396 g/mol. The summed E-state index contributed by atoms with van der Waals surface area (Å²) in [5, 5.41) is 12.1. The van der Waals surface area contributed by atoms with Gasteiger partial charge >= 0.3 is 0 Å². The van der Waals surface area contributed by atoms with Crippen LogP contribution in [0.25, 0.3) is 5.52 Å². The smallest absolute Gasteiger partial charge is 0.293 e. The maximum absolute atomic E-state index is 13.0. The minimum Gasteiger partial charge on any atom is -0.350 e. The maximum Gasteiger partial charge on any atom is 0.293 e. The van der Waals surface area contributed by atoms with Gasteiger partial charge in [0.25, 0.3) is 5.56 Å². The summed E-state index contributed by atoms with van der Waals surface area (Å²) < 4.78 is 2.91. The summed E-state index contributed by atoms with van der Waals surface area (Å²) >= 11 is 0. The van der Waals surface area contributed by atoms with Crippen molar-refractivity contribution >= 4 is 17.3 Å². The Balaban J connectivity index is 1.32. The molecule has 31 heavy (non-hydrogen) atoms. The van der Waals surface area contributed by atoms with E-state index in [2.05, 4.69) is 15.5 Å². The van der Waals surface area contributed by atoms with E-state index in [4.69, 9.17) is 0 Å². The van der Waals surface area contributed by atoms with Crippen LogP contribution >= 0.6 is 0 Å². The standard InChI is InChI=1S/C22H30N6O3/c1-13(2)21-25-27(22(31)18-9-17(15-5-6-15)24-28(18)21)12-19(29)23-16-7-8-20(30)26(11-16)10-14-3-4-14/h9,13-16H,3-8,10-12H2,1-2H3,(H,23,29). The van der Waals surface area contributed by atoms with Crippen LogP contribution in [0, 0.1) is 5.92 Å². The van der Waals surface area contributed by atoms with Crippen LogP contribution in [0.4, 0.5) is 0 Å². The molecule has 166 valence electrons. The van der Waals surface area contributed by atoms with Crippen LogP contribution in [0.15, 0.2) is 10.9 Å². The van der Waals surface area contributed by atoms with E-state index in [1.165, 1.54) is 17.5 Å². The first kappa shape index (κ1) is 20.2.